The van der Waals surface area contributed by atoms with Crippen LogP contribution >= 0.6 is 0 Å². The molecule has 1 fully saturated rings. The van der Waals surface area contributed by atoms with Gasteiger partial charge in [-0.05, 0) is 43.5 Å². The van der Waals surface area contributed by atoms with Crippen LogP contribution in [0.4, 0.5) is 0 Å². The summed E-state index contributed by atoms with van der Waals surface area (Å²) < 4.78 is 15.8. The fourth-order valence-electron chi connectivity index (χ4n) is 3.53. The molecular weight excluding hydrogens is 372 g/mol. The van der Waals surface area contributed by atoms with Gasteiger partial charge in [0, 0.05) is 31.0 Å². The normalized spacial score (nSPS) is 16.2. The Morgan fingerprint density at radius 1 is 1.10 bits per heavy atom. The average Bonchev–Trinajstić information content (AvgIpc) is 2.78. The van der Waals surface area contributed by atoms with Crippen molar-refractivity contribution in [1.29, 1.82) is 0 Å². The number of hydrogen-bond acceptors (Lipinski definition) is 6. The van der Waals surface area contributed by atoms with Crippen molar-refractivity contribution < 1.29 is 23.8 Å². The van der Waals surface area contributed by atoms with Crippen molar-refractivity contribution in [2.75, 3.05) is 33.9 Å². The van der Waals surface area contributed by atoms with E-state index in [-0.39, 0.29) is 17.8 Å². The van der Waals surface area contributed by atoms with Gasteiger partial charge in [-0.1, -0.05) is 6.07 Å². The van der Waals surface area contributed by atoms with Crippen molar-refractivity contribution in [3.63, 3.8) is 0 Å². The molecule has 1 atom stereocenters. The number of nitrogens with zero attached hydrogens (tertiary/aromatic N) is 2. The Bertz CT molecular complexity index is 883. The number of hydrogen-bond donors (Lipinski definition) is 0. The number of esters is 1. The first-order valence-corrected chi connectivity index (χ1v) is 9.70. The number of benzene rings is 1. The molecule has 2 aromatic rings. The van der Waals surface area contributed by atoms with Crippen LogP contribution in [0.1, 0.15) is 30.1 Å². The number of aromatic nitrogens is 1. The van der Waals surface area contributed by atoms with Crippen LogP contribution in [-0.2, 0) is 9.53 Å². The number of methoxy groups -OCH3 is 2. The summed E-state index contributed by atoms with van der Waals surface area (Å²) in [5.74, 6) is 0.607. The Balaban J connectivity index is 1.80. The van der Waals surface area contributed by atoms with Crippen LogP contribution in [-0.4, -0.2) is 55.7 Å². The van der Waals surface area contributed by atoms with Gasteiger partial charge >= 0.3 is 5.97 Å². The lowest BCUT2D eigenvalue weighted by Gasteiger charge is -2.31. The molecule has 1 aromatic heterocycles. The molecule has 0 saturated carbocycles. The summed E-state index contributed by atoms with van der Waals surface area (Å²) in [6.45, 7) is 3.13. The van der Waals surface area contributed by atoms with Crippen LogP contribution in [0.25, 0.3) is 11.1 Å². The average molecular weight is 398 g/mol. The zero-order valence-electron chi connectivity index (χ0n) is 17.0. The van der Waals surface area contributed by atoms with Gasteiger partial charge in [-0.15, -0.1) is 0 Å². The first-order valence-electron chi connectivity index (χ1n) is 9.70. The summed E-state index contributed by atoms with van der Waals surface area (Å²) in [7, 11) is 3.16. The Kier molecular flexibility index (Phi) is 6.69. The second-order valence-corrected chi connectivity index (χ2v) is 6.87. The van der Waals surface area contributed by atoms with E-state index in [0.29, 0.717) is 36.8 Å². The zero-order chi connectivity index (χ0) is 20.8. The van der Waals surface area contributed by atoms with Gasteiger partial charge in [-0.3, -0.25) is 14.6 Å². The molecule has 1 aromatic carbocycles. The van der Waals surface area contributed by atoms with Crippen molar-refractivity contribution in [2.24, 2.45) is 5.92 Å². The van der Waals surface area contributed by atoms with E-state index in [1.54, 1.807) is 38.4 Å². The number of piperidine rings is 1. The second kappa shape index (κ2) is 9.41. The minimum absolute atomic E-state index is 0.131. The summed E-state index contributed by atoms with van der Waals surface area (Å²) >= 11 is 0. The number of amides is 1. The fourth-order valence-corrected chi connectivity index (χ4v) is 3.53. The predicted molar refractivity (Wildman–Crippen MR) is 108 cm³/mol. The molecule has 3 rings (SSSR count). The highest BCUT2D eigenvalue weighted by Gasteiger charge is 2.30. The third kappa shape index (κ3) is 4.67. The molecule has 0 radical (unpaired) electrons. The van der Waals surface area contributed by atoms with E-state index in [9.17, 15) is 9.59 Å². The summed E-state index contributed by atoms with van der Waals surface area (Å²) in [5, 5.41) is 0. The van der Waals surface area contributed by atoms with Gasteiger partial charge in [0.2, 0.25) is 0 Å². The van der Waals surface area contributed by atoms with Gasteiger partial charge in [-0.25, -0.2) is 0 Å². The molecule has 1 amide bonds. The molecule has 0 unspecified atom stereocenters. The van der Waals surface area contributed by atoms with Crippen molar-refractivity contribution in [3.8, 4) is 22.6 Å². The van der Waals surface area contributed by atoms with Crippen LogP contribution in [0.5, 0.6) is 11.5 Å². The van der Waals surface area contributed by atoms with Crippen molar-refractivity contribution in [3.05, 3.63) is 42.2 Å². The lowest BCUT2D eigenvalue weighted by atomic mass is 9.97. The Morgan fingerprint density at radius 3 is 2.62 bits per heavy atom. The highest BCUT2D eigenvalue weighted by molar-refractivity contribution is 5.95. The molecule has 0 N–H and O–H groups in total. The highest BCUT2D eigenvalue weighted by Crippen LogP contribution is 2.32. The fraction of sp³-hybridized carbons (Fsp3) is 0.409. The third-order valence-corrected chi connectivity index (χ3v) is 5.03. The smallest absolute Gasteiger partial charge is 0.310 e. The van der Waals surface area contributed by atoms with Gasteiger partial charge in [0.25, 0.3) is 5.91 Å². The summed E-state index contributed by atoms with van der Waals surface area (Å²) in [4.78, 5) is 31.0. The first-order chi connectivity index (χ1) is 14.1. The lowest BCUT2D eigenvalue weighted by Crippen LogP contribution is -2.42. The largest absolute Gasteiger partial charge is 0.493 e. The van der Waals surface area contributed by atoms with Crippen molar-refractivity contribution in [1.82, 2.24) is 9.88 Å². The van der Waals surface area contributed by atoms with Crippen molar-refractivity contribution in [2.45, 2.75) is 19.8 Å². The van der Waals surface area contributed by atoms with Crippen LogP contribution in [0.2, 0.25) is 0 Å². The quantitative estimate of drug-likeness (QED) is 0.696. The van der Waals surface area contributed by atoms with E-state index < -0.39 is 0 Å². The molecule has 1 saturated heterocycles. The maximum absolute atomic E-state index is 13.0. The molecule has 7 heteroatoms. The Labute approximate surface area is 170 Å². The third-order valence-electron chi connectivity index (χ3n) is 5.03. The predicted octanol–water partition coefficient (Wildman–Crippen LogP) is 3.18. The van der Waals surface area contributed by atoms with Gasteiger partial charge < -0.3 is 19.1 Å². The van der Waals surface area contributed by atoms with E-state index >= 15 is 0 Å². The number of ether oxygens (including phenoxy) is 3. The molecule has 1 aliphatic heterocycles. The molecule has 7 nitrogen and oxygen atoms in total. The summed E-state index contributed by atoms with van der Waals surface area (Å²) in [5.41, 5.74) is 2.16. The minimum Gasteiger partial charge on any atom is -0.493 e. The van der Waals surface area contributed by atoms with Gasteiger partial charge in [0.15, 0.2) is 11.5 Å². The highest BCUT2D eigenvalue weighted by atomic mass is 16.5. The van der Waals surface area contributed by atoms with Crippen LogP contribution in [0, 0.1) is 5.92 Å². The van der Waals surface area contributed by atoms with E-state index in [1.165, 1.54) is 0 Å². The molecule has 2 heterocycles. The van der Waals surface area contributed by atoms with E-state index in [1.807, 2.05) is 24.3 Å². The number of likely N-dealkylation sites (tertiary alicyclic amines) is 1. The number of pyridine rings is 1. The molecule has 0 aliphatic carbocycles. The van der Waals surface area contributed by atoms with Gasteiger partial charge in [0.1, 0.15) is 0 Å². The maximum Gasteiger partial charge on any atom is 0.310 e. The first kappa shape index (κ1) is 20.6. The van der Waals surface area contributed by atoms with E-state index in [0.717, 1.165) is 24.0 Å². The molecule has 0 spiro atoms. The SMILES string of the molecule is CCOC(=O)[C@@H]1CCCN(C(=O)c2cncc(-c3ccc(OC)c(OC)c3)c2)C1. The van der Waals surface area contributed by atoms with Gasteiger partial charge in [0.05, 0.1) is 32.3 Å². The second-order valence-electron chi connectivity index (χ2n) is 6.87. The monoisotopic (exact) mass is 398 g/mol. The Morgan fingerprint density at radius 2 is 1.90 bits per heavy atom. The molecule has 154 valence electrons. The molecule has 1 aliphatic rings. The Hall–Kier alpha value is -3.09. The summed E-state index contributed by atoms with van der Waals surface area (Å²) in [6, 6.07) is 7.37. The molecule has 29 heavy (non-hydrogen) atoms. The topological polar surface area (TPSA) is 78.0 Å². The van der Waals surface area contributed by atoms with Crippen molar-refractivity contribution >= 4 is 11.9 Å². The number of carbonyl (C=O) groups excluding carboxylic acids is 2. The minimum atomic E-state index is -0.269. The molecule has 0 bridgehead atoms. The standard InChI is InChI=1S/C22H26N2O5/c1-4-29-22(26)16-6-5-9-24(14-16)21(25)18-10-17(12-23-13-18)15-7-8-19(27-2)20(11-15)28-3/h7-8,10-13,16H,4-6,9,14H2,1-3H3/t16-/m1/s1. The molecular formula is C22H26N2O5. The van der Waals surface area contributed by atoms with Gasteiger partial charge in [-0.2, -0.15) is 0 Å². The zero-order valence-corrected chi connectivity index (χ0v) is 17.0. The van der Waals surface area contributed by atoms with Crippen LogP contribution in [0.15, 0.2) is 36.7 Å². The lowest BCUT2D eigenvalue weighted by molar-refractivity contribution is -0.149. The number of carbonyl (C=O) groups is 2. The van der Waals surface area contributed by atoms with E-state index in [4.69, 9.17) is 14.2 Å². The van der Waals surface area contributed by atoms with Crippen LogP contribution < -0.4 is 9.47 Å². The number of rotatable bonds is 6. The van der Waals surface area contributed by atoms with E-state index in [2.05, 4.69) is 4.98 Å². The maximum atomic E-state index is 13.0. The summed E-state index contributed by atoms with van der Waals surface area (Å²) in [6.07, 6.45) is 4.78. The van der Waals surface area contributed by atoms with Crippen LogP contribution in [0.3, 0.4) is 0 Å².